The van der Waals surface area contributed by atoms with Crippen LogP contribution in [0.3, 0.4) is 0 Å². The van der Waals surface area contributed by atoms with E-state index in [1.807, 2.05) is 0 Å². The van der Waals surface area contributed by atoms with Gasteiger partial charge < -0.3 is 20.2 Å². The molecule has 0 saturated carbocycles. The maximum Gasteiger partial charge on any atom is 0.225 e. The minimum Gasteiger partial charge on any atom is -0.396 e. The van der Waals surface area contributed by atoms with Crippen molar-refractivity contribution in [2.75, 3.05) is 51.2 Å². The number of ketones is 2. The molecule has 1 saturated heterocycles. The molecule has 2 aromatic rings. The molecule has 1 amide bonds. The third-order valence-corrected chi connectivity index (χ3v) is 5.98. The molecule has 2 aliphatic rings. The van der Waals surface area contributed by atoms with Crippen molar-refractivity contribution in [3.8, 4) is 0 Å². The van der Waals surface area contributed by atoms with Crippen LogP contribution >= 0.6 is 12.4 Å². The molecule has 8 heteroatoms. The summed E-state index contributed by atoms with van der Waals surface area (Å²) in [5.74, 6) is -0.601. The molecule has 0 bridgehead atoms. The second-order valence-corrected chi connectivity index (χ2v) is 7.99. The van der Waals surface area contributed by atoms with E-state index in [0.717, 1.165) is 39.1 Å². The van der Waals surface area contributed by atoms with Gasteiger partial charge in [-0.1, -0.05) is 36.4 Å². The fraction of sp³-hybridized carbons (Fsp3) is 0.375. The zero-order valence-corrected chi connectivity index (χ0v) is 18.7. The summed E-state index contributed by atoms with van der Waals surface area (Å²) in [6.45, 7) is 5.41. The number of anilines is 1. The monoisotopic (exact) mass is 457 g/mol. The molecule has 0 unspecified atom stereocenters. The number of amides is 1. The smallest absolute Gasteiger partial charge is 0.225 e. The maximum atomic E-state index is 13.0. The standard InChI is InChI=1S/C24H27N3O4.ClH/c28-16-4-10-26-12-14-27(15-13-26)11-9-21(29)25-20-8-3-7-19-22(20)24(31)18-6-2-1-5-17(18)23(19)30;/h1-3,5-8,28H,4,9-16H2,(H,25,29);1H. The number of aliphatic hydroxyl groups excluding tert-OH is 1. The number of benzene rings is 2. The Bertz CT molecular complexity index is 1000. The van der Waals surface area contributed by atoms with Crippen LogP contribution in [0.25, 0.3) is 0 Å². The molecule has 1 fully saturated rings. The van der Waals surface area contributed by atoms with Gasteiger partial charge in [-0.3, -0.25) is 14.4 Å². The SMILES string of the molecule is Cl.O=C(CCN1CCN(CCCO)CC1)Nc1cccc2c1C(=O)c1ccccc1C2=O. The van der Waals surface area contributed by atoms with E-state index < -0.39 is 0 Å². The Morgan fingerprint density at radius 1 is 0.844 bits per heavy atom. The summed E-state index contributed by atoms with van der Waals surface area (Å²) in [5, 5.41) is 11.8. The van der Waals surface area contributed by atoms with Crippen LogP contribution in [0.2, 0.25) is 0 Å². The van der Waals surface area contributed by atoms with Gasteiger partial charge in [-0.15, -0.1) is 12.4 Å². The second kappa shape index (κ2) is 10.8. The van der Waals surface area contributed by atoms with Gasteiger partial charge in [-0.2, -0.15) is 0 Å². The van der Waals surface area contributed by atoms with Gasteiger partial charge in [-0.05, 0) is 12.5 Å². The highest BCUT2D eigenvalue weighted by atomic mass is 35.5. The van der Waals surface area contributed by atoms with E-state index in [-0.39, 0.29) is 42.1 Å². The molecule has 2 N–H and O–H groups in total. The first kappa shape index (κ1) is 24.1. The van der Waals surface area contributed by atoms with Crippen molar-refractivity contribution >= 4 is 35.6 Å². The van der Waals surface area contributed by atoms with E-state index in [2.05, 4.69) is 15.1 Å². The lowest BCUT2D eigenvalue weighted by molar-refractivity contribution is -0.116. The molecule has 2 aromatic carbocycles. The molecular formula is C24H28ClN3O4. The normalized spacial score (nSPS) is 16.2. The summed E-state index contributed by atoms with van der Waals surface area (Å²) in [5.41, 5.74) is 1.78. The Kier molecular flexibility index (Phi) is 8.15. The number of nitrogens with one attached hydrogen (secondary N) is 1. The van der Waals surface area contributed by atoms with Crippen LogP contribution in [-0.4, -0.2) is 78.3 Å². The van der Waals surface area contributed by atoms with Crippen molar-refractivity contribution in [1.82, 2.24) is 9.80 Å². The zero-order chi connectivity index (χ0) is 21.8. The summed E-state index contributed by atoms with van der Waals surface area (Å²) in [6, 6.07) is 11.8. The first-order valence-electron chi connectivity index (χ1n) is 10.8. The highest BCUT2D eigenvalue weighted by molar-refractivity contribution is 6.30. The molecule has 1 aliphatic heterocycles. The van der Waals surface area contributed by atoms with E-state index in [4.69, 9.17) is 5.11 Å². The lowest BCUT2D eigenvalue weighted by atomic mass is 9.83. The molecule has 7 nitrogen and oxygen atoms in total. The Morgan fingerprint density at radius 3 is 2.09 bits per heavy atom. The third-order valence-electron chi connectivity index (χ3n) is 5.98. The number of carbonyl (C=O) groups excluding carboxylic acids is 3. The number of aliphatic hydroxyl groups is 1. The Hall–Kier alpha value is -2.58. The van der Waals surface area contributed by atoms with Crippen molar-refractivity contribution in [1.29, 1.82) is 0 Å². The van der Waals surface area contributed by atoms with Gasteiger partial charge in [0.15, 0.2) is 11.6 Å². The van der Waals surface area contributed by atoms with Crippen molar-refractivity contribution in [2.24, 2.45) is 0 Å². The first-order chi connectivity index (χ1) is 15.1. The fourth-order valence-corrected chi connectivity index (χ4v) is 4.25. The molecule has 0 aromatic heterocycles. The summed E-state index contributed by atoms with van der Waals surface area (Å²) >= 11 is 0. The van der Waals surface area contributed by atoms with Gasteiger partial charge in [0.05, 0.1) is 11.3 Å². The van der Waals surface area contributed by atoms with E-state index in [0.29, 0.717) is 35.3 Å². The highest BCUT2D eigenvalue weighted by Gasteiger charge is 2.31. The Morgan fingerprint density at radius 2 is 1.44 bits per heavy atom. The van der Waals surface area contributed by atoms with E-state index >= 15 is 0 Å². The number of fused-ring (bicyclic) bond motifs is 2. The fourth-order valence-electron chi connectivity index (χ4n) is 4.25. The number of hydrogen-bond acceptors (Lipinski definition) is 6. The second-order valence-electron chi connectivity index (χ2n) is 7.99. The van der Waals surface area contributed by atoms with Gasteiger partial charge in [0.1, 0.15) is 0 Å². The predicted molar refractivity (Wildman–Crippen MR) is 125 cm³/mol. The number of carbonyl (C=O) groups is 3. The lowest BCUT2D eigenvalue weighted by Crippen LogP contribution is -2.47. The number of piperazine rings is 1. The molecule has 170 valence electrons. The van der Waals surface area contributed by atoms with Crippen molar-refractivity contribution in [2.45, 2.75) is 12.8 Å². The molecule has 1 aliphatic carbocycles. The first-order valence-corrected chi connectivity index (χ1v) is 10.8. The van der Waals surface area contributed by atoms with Crippen molar-refractivity contribution in [3.63, 3.8) is 0 Å². The largest absolute Gasteiger partial charge is 0.396 e. The predicted octanol–water partition coefficient (Wildman–Crippen LogP) is 2.21. The van der Waals surface area contributed by atoms with Crippen LogP contribution in [0.1, 0.15) is 44.7 Å². The van der Waals surface area contributed by atoms with Crippen LogP contribution in [0.4, 0.5) is 5.69 Å². The number of hydrogen-bond donors (Lipinski definition) is 2. The van der Waals surface area contributed by atoms with Crippen molar-refractivity contribution in [3.05, 3.63) is 64.7 Å². The maximum absolute atomic E-state index is 13.0. The number of halogens is 1. The molecular weight excluding hydrogens is 430 g/mol. The molecule has 4 rings (SSSR count). The van der Waals surface area contributed by atoms with Crippen LogP contribution in [0, 0.1) is 0 Å². The number of nitrogens with zero attached hydrogens (tertiary/aromatic N) is 2. The molecule has 0 atom stereocenters. The minimum absolute atomic E-state index is 0. The Labute approximate surface area is 193 Å². The third kappa shape index (κ3) is 5.07. The van der Waals surface area contributed by atoms with E-state index in [9.17, 15) is 14.4 Å². The van der Waals surface area contributed by atoms with Crippen LogP contribution in [0.15, 0.2) is 42.5 Å². The van der Waals surface area contributed by atoms with Gasteiger partial charge in [0.25, 0.3) is 0 Å². The summed E-state index contributed by atoms with van der Waals surface area (Å²) in [4.78, 5) is 43.0. The van der Waals surface area contributed by atoms with Gasteiger partial charge in [-0.25, -0.2) is 0 Å². The molecule has 0 spiro atoms. The molecule has 0 radical (unpaired) electrons. The average Bonchev–Trinajstić information content (AvgIpc) is 2.80. The summed E-state index contributed by atoms with van der Waals surface area (Å²) in [6.07, 6.45) is 1.11. The minimum atomic E-state index is -0.236. The summed E-state index contributed by atoms with van der Waals surface area (Å²) in [7, 11) is 0. The summed E-state index contributed by atoms with van der Waals surface area (Å²) < 4.78 is 0. The Balaban J connectivity index is 0.00000289. The number of rotatable bonds is 7. The van der Waals surface area contributed by atoms with E-state index in [1.165, 1.54) is 0 Å². The van der Waals surface area contributed by atoms with Crippen LogP contribution in [0.5, 0.6) is 0 Å². The molecule has 32 heavy (non-hydrogen) atoms. The van der Waals surface area contributed by atoms with Gasteiger partial charge in [0.2, 0.25) is 5.91 Å². The highest BCUT2D eigenvalue weighted by Crippen LogP contribution is 2.31. The van der Waals surface area contributed by atoms with Crippen LogP contribution in [-0.2, 0) is 4.79 Å². The zero-order valence-electron chi connectivity index (χ0n) is 17.9. The molecule has 1 heterocycles. The van der Waals surface area contributed by atoms with Crippen LogP contribution < -0.4 is 5.32 Å². The van der Waals surface area contributed by atoms with Crippen molar-refractivity contribution < 1.29 is 19.5 Å². The lowest BCUT2D eigenvalue weighted by Gasteiger charge is -2.34. The van der Waals surface area contributed by atoms with Gasteiger partial charge in [0, 0.05) is 69.0 Å². The average molecular weight is 458 g/mol. The quantitative estimate of drug-likeness (QED) is 0.565. The van der Waals surface area contributed by atoms with Gasteiger partial charge >= 0.3 is 0 Å². The topological polar surface area (TPSA) is 89.9 Å². The van der Waals surface area contributed by atoms with E-state index in [1.54, 1.807) is 42.5 Å².